The van der Waals surface area contributed by atoms with Crippen LogP contribution in [-0.4, -0.2) is 57.0 Å². The van der Waals surface area contributed by atoms with Gasteiger partial charge in [-0.2, -0.15) is 0 Å². The molecule has 0 aliphatic heterocycles. The van der Waals surface area contributed by atoms with Crippen molar-refractivity contribution < 1.29 is 28.5 Å². The number of nitrogens with zero attached hydrogens (tertiary/aromatic N) is 1. The quantitative estimate of drug-likeness (QED) is 0.428. The van der Waals surface area contributed by atoms with Gasteiger partial charge in [0, 0.05) is 32.7 Å². The van der Waals surface area contributed by atoms with Crippen LogP contribution in [0.5, 0.6) is 11.5 Å². The lowest BCUT2D eigenvalue weighted by Gasteiger charge is -2.39. The summed E-state index contributed by atoms with van der Waals surface area (Å²) in [7, 11) is 4.79. The molecule has 0 bridgehead atoms. The van der Waals surface area contributed by atoms with E-state index in [0.29, 0.717) is 43.7 Å². The summed E-state index contributed by atoms with van der Waals surface area (Å²) in [5, 5.41) is 0. The highest BCUT2D eigenvalue weighted by Crippen LogP contribution is 2.49. The lowest BCUT2D eigenvalue weighted by Crippen LogP contribution is -2.44. The maximum Gasteiger partial charge on any atom is 0.410 e. The number of carbonyl (C=O) groups is 2. The van der Waals surface area contributed by atoms with Gasteiger partial charge in [-0.3, -0.25) is 4.79 Å². The third kappa shape index (κ3) is 5.58. The minimum Gasteiger partial charge on any atom is -0.493 e. The number of ether oxygens (including phenoxy) is 4. The molecule has 0 saturated heterocycles. The molecule has 1 aromatic rings. The number of benzene rings is 1. The fraction of sp³-hybridized carbons (Fsp3) is 0.583. The first kappa shape index (κ1) is 24.7. The summed E-state index contributed by atoms with van der Waals surface area (Å²) in [4.78, 5) is 27.4. The Labute approximate surface area is 185 Å². The molecule has 31 heavy (non-hydrogen) atoms. The molecule has 7 nitrogen and oxygen atoms in total. The van der Waals surface area contributed by atoms with Gasteiger partial charge in [-0.15, -0.1) is 6.58 Å². The Morgan fingerprint density at radius 2 is 1.97 bits per heavy atom. The summed E-state index contributed by atoms with van der Waals surface area (Å²) < 4.78 is 22.0. The van der Waals surface area contributed by atoms with E-state index in [4.69, 9.17) is 18.9 Å². The van der Waals surface area contributed by atoms with Crippen molar-refractivity contribution in [1.82, 2.24) is 4.90 Å². The number of hydrogen-bond donors (Lipinski definition) is 0. The van der Waals surface area contributed by atoms with Gasteiger partial charge in [-0.05, 0) is 51.7 Å². The predicted molar refractivity (Wildman–Crippen MR) is 119 cm³/mol. The lowest BCUT2D eigenvalue weighted by atomic mass is 9.64. The zero-order valence-corrected chi connectivity index (χ0v) is 19.6. The van der Waals surface area contributed by atoms with Crippen LogP contribution >= 0.6 is 0 Å². The molecule has 0 aromatic heterocycles. The van der Waals surface area contributed by atoms with E-state index in [1.807, 2.05) is 32.9 Å². The number of amides is 1. The number of ketones is 1. The summed E-state index contributed by atoms with van der Waals surface area (Å²) >= 11 is 0. The smallest absolute Gasteiger partial charge is 0.410 e. The number of aryl methyl sites for hydroxylation is 1. The fourth-order valence-corrected chi connectivity index (χ4v) is 4.00. The van der Waals surface area contributed by atoms with Crippen molar-refractivity contribution in [2.45, 2.75) is 57.5 Å². The SMILES string of the molecule is C=CC[C@]1(CCN(C)C(=O)OC(C)(C)C)C(=O)CCc2ccc(OC)c(OCOC)c21. The van der Waals surface area contributed by atoms with Gasteiger partial charge in [-0.1, -0.05) is 12.1 Å². The molecule has 0 fully saturated rings. The number of hydrogen-bond acceptors (Lipinski definition) is 6. The summed E-state index contributed by atoms with van der Waals surface area (Å²) in [6.45, 7) is 9.74. The van der Waals surface area contributed by atoms with Crippen LogP contribution in [0.25, 0.3) is 0 Å². The van der Waals surface area contributed by atoms with Gasteiger partial charge in [0.05, 0.1) is 12.5 Å². The van der Waals surface area contributed by atoms with Crippen LogP contribution in [0.4, 0.5) is 4.79 Å². The monoisotopic (exact) mass is 433 g/mol. The lowest BCUT2D eigenvalue weighted by molar-refractivity contribution is -0.125. The molecular formula is C24H35NO6. The third-order valence-electron chi connectivity index (χ3n) is 5.45. The maximum absolute atomic E-state index is 13.4. The van der Waals surface area contributed by atoms with Gasteiger partial charge in [-0.25, -0.2) is 4.79 Å². The molecule has 2 rings (SSSR count). The van der Waals surface area contributed by atoms with Crippen LogP contribution in [0, 0.1) is 0 Å². The van der Waals surface area contributed by atoms with Crippen LogP contribution in [0.2, 0.25) is 0 Å². The Morgan fingerprint density at radius 1 is 1.26 bits per heavy atom. The molecule has 1 amide bonds. The molecule has 172 valence electrons. The molecule has 0 unspecified atom stereocenters. The molecule has 7 heteroatoms. The molecular weight excluding hydrogens is 398 g/mol. The summed E-state index contributed by atoms with van der Waals surface area (Å²) in [6.07, 6.45) is 3.22. The Balaban J connectivity index is 2.48. The first-order valence-corrected chi connectivity index (χ1v) is 10.5. The molecule has 1 aliphatic carbocycles. The number of fused-ring (bicyclic) bond motifs is 1. The zero-order valence-electron chi connectivity index (χ0n) is 19.6. The highest BCUT2D eigenvalue weighted by molar-refractivity contribution is 5.94. The Bertz CT molecular complexity index is 813. The van der Waals surface area contributed by atoms with Crippen LogP contribution in [-0.2, 0) is 26.1 Å². The fourth-order valence-electron chi connectivity index (χ4n) is 4.00. The summed E-state index contributed by atoms with van der Waals surface area (Å²) in [5.74, 6) is 1.16. The van der Waals surface area contributed by atoms with E-state index in [2.05, 4.69) is 6.58 Å². The van der Waals surface area contributed by atoms with Gasteiger partial charge >= 0.3 is 6.09 Å². The van der Waals surface area contributed by atoms with Crippen molar-refractivity contribution >= 4 is 11.9 Å². The first-order valence-electron chi connectivity index (χ1n) is 10.5. The number of Topliss-reactive ketones (excluding diaryl/α,β-unsaturated/α-hetero) is 1. The second-order valence-corrected chi connectivity index (χ2v) is 8.83. The van der Waals surface area contributed by atoms with Crippen molar-refractivity contribution in [3.63, 3.8) is 0 Å². The Morgan fingerprint density at radius 3 is 2.55 bits per heavy atom. The average molecular weight is 434 g/mol. The second kappa shape index (κ2) is 10.2. The topological polar surface area (TPSA) is 74.3 Å². The number of carbonyl (C=O) groups excluding carboxylic acids is 2. The van der Waals surface area contributed by atoms with Crippen LogP contribution < -0.4 is 9.47 Å². The highest BCUT2D eigenvalue weighted by atomic mass is 16.7. The minimum absolute atomic E-state index is 0.0307. The van der Waals surface area contributed by atoms with E-state index >= 15 is 0 Å². The van der Waals surface area contributed by atoms with Crippen LogP contribution in [0.1, 0.15) is 51.2 Å². The molecule has 0 spiro atoms. The highest BCUT2D eigenvalue weighted by Gasteiger charge is 2.46. The Kier molecular flexibility index (Phi) is 8.12. The van der Waals surface area contributed by atoms with Crippen molar-refractivity contribution in [2.24, 2.45) is 0 Å². The van der Waals surface area contributed by atoms with Crippen molar-refractivity contribution in [3.8, 4) is 11.5 Å². The van der Waals surface area contributed by atoms with Gasteiger partial charge < -0.3 is 23.8 Å². The number of rotatable bonds is 9. The van der Waals surface area contributed by atoms with E-state index in [1.165, 1.54) is 4.90 Å². The van der Waals surface area contributed by atoms with Gasteiger partial charge in [0.25, 0.3) is 0 Å². The molecule has 0 heterocycles. The van der Waals surface area contributed by atoms with Gasteiger partial charge in [0.2, 0.25) is 0 Å². The minimum atomic E-state index is -0.872. The Hall–Kier alpha value is -2.54. The van der Waals surface area contributed by atoms with Crippen molar-refractivity contribution in [2.75, 3.05) is 34.6 Å². The number of allylic oxidation sites excluding steroid dienone is 1. The second-order valence-electron chi connectivity index (χ2n) is 8.83. The first-order chi connectivity index (χ1) is 14.6. The van der Waals surface area contributed by atoms with Crippen LogP contribution in [0.3, 0.4) is 0 Å². The molecule has 0 saturated carbocycles. The van der Waals surface area contributed by atoms with Crippen LogP contribution in [0.15, 0.2) is 24.8 Å². The molecule has 1 atom stereocenters. The summed E-state index contributed by atoms with van der Waals surface area (Å²) in [5.41, 5.74) is 0.376. The van der Waals surface area contributed by atoms with E-state index in [9.17, 15) is 9.59 Å². The zero-order chi connectivity index (χ0) is 23.2. The van der Waals surface area contributed by atoms with E-state index < -0.39 is 17.1 Å². The normalized spacial score (nSPS) is 18.2. The third-order valence-corrected chi connectivity index (χ3v) is 5.45. The predicted octanol–water partition coefficient (Wildman–Crippen LogP) is 4.26. The molecule has 0 N–H and O–H groups in total. The van der Waals surface area contributed by atoms with Gasteiger partial charge in [0.1, 0.15) is 11.4 Å². The maximum atomic E-state index is 13.4. The molecule has 1 aromatic carbocycles. The average Bonchev–Trinajstić information content (AvgIpc) is 2.71. The largest absolute Gasteiger partial charge is 0.493 e. The van der Waals surface area contributed by atoms with E-state index in [0.717, 1.165) is 11.1 Å². The molecule has 0 radical (unpaired) electrons. The van der Waals surface area contributed by atoms with Gasteiger partial charge in [0.15, 0.2) is 18.3 Å². The van der Waals surface area contributed by atoms with Crippen molar-refractivity contribution in [3.05, 3.63) is 35.9 Å². The molecule has 1 aliphatic rings. The van der Waals surface area contributed by atoms with E-state index in [1.54, 1.807) is 27.3 Å². The number of methoxy groups -OCH3 is 2. The summed E-state index contributed by atoms with van der Waals surface area (Å²) in [6, 6.07) is 3.83. The van der Waals surface area contributed by atoms with Crippen molar-refractivity contribution in [1.29, 1.82) is 0 Å². The standard InChI is InChI=1S/C24H35NO6/c1-8-13-24(14-15-25(5)22(27)31-23(2,3)4)19(26)12-10-17-9-11-18(29-7)21(20(17)24)30-16-28-6/h8-9,11H,1,10,12-16H2,2-7H3/t24-/m0/s1. The van der Waals surface area contributed by atoms with E-state index in [-0.39, 0.29) is 12.6 Å².